The molecule has 2 unspecified atom stereocenters. The summed E-state index contributed by atoms with van der Waals surface area (Å²) >= 11 is 0. The Balaban J connectivity index is 0.000000360. The van der Waals surface area contributed by atoms with E-state index in [0.717, 1.165) is 57.3 Å². The van der Waals surface area contributed by atoms with Crippen LogP contribution in [0.2, 0.25) is 0 Å². The Hall–Kier alpha value is -2.43. The Morgan fingerprint density at radius 3 is 2.47 bits per heavy atom. The van der Waals surface area contributed by atoms with E-state index in [4.69, 9.17) is 9.90 Å². The van der Waals surface area contributed by atoms with Gasteiger partial charge in [-0.3, -0.25) is 9.78 Å². The number of nitrogens with one attached hydrogen (secondary N) is 1. The van der Waals surface area contributed by atoms with Crippen molar-refractivity contribution in [2.24, 2.45) is 17.8 Å². The molecule has 1 amide bonds. The third kappa shape index (κ3) is 5.48. The zero-order valence-corrected chi connectivity index (χ0v) is 18.3. The molecule has 0 bridgehead atoms. The molecule has 1 aromatic rings. The Bertz CT molecular complexity index is 798. The number of alkyl halides is 3. The van der Waals surface area contributed by atoms with Gasteiger partial charge in [-0.1, -0.05) is 13.8 Å². The highest BCUT2D eigenvalue weighted by Crippen LogP contribution is 2.44. The molecule has 178 valence electrons. The van der Waals surface area contributed by atoms with E-state index in [1.165, 1.54) is 6.42 Å². The summed E-state index contributed by atoms with van der Waals surface area (Å²) in [6, 6.07) is 0. The first-order valence-electron chi connectivity index (χ1n) is 10.9. The Labute approximate surface area is 185 Å². The zero-order valence-electron chi connectivity index (χ0n) is 18.3. The summed E-state index contributed by atoms with van der Waals surface area (Å²) in [5.74, 6) is -0.148. The number of aromatic nitrogens is 2. The van der Waals surface area contributed by atoms with Crippen molar-refractivity contribution in [3.63, 3.8) is 0 Å². The van der Waals surface area contributed by atoms with E-state index in [9.17, 15) is 18.0 Å². The standard InChI is InChI=1S/C19H29N5O.C2HF3O2/c1-14(2)3-8-23-12-15-16(13-23)19(22-18(15)25)4-9-24(10-5-19)17-11-20-6-7-21-17;3-2(4,5)1(6)7/h6-7,11,14-16H,3-5,8-10,12-13H2,1-2H3,(H,22,25);(H,6,7). The normalized spacial score (nSPS) is 24.8. The van der Waals surface area contributed by atoms with Gasteiger partial charge in [-0.2, -0.15) is 13.2 Å². The average molecular weight is 457 g/mol. The van der Waals surface area contributed by atoms with Gasteiger partial charge in [0.1, 0.15) is 5.82 Å². The number of carboxylic acid groups (broad SMARTS) is 1. The van der Waals surface area contributed by atoms with E-state index in [1.807, 2.05) is 6.20 Å². The second-order valence-electron chi connectivity index (χ2n) is 9.15. The summed E-state index contributed by atoms with van der Waals surface area (Å²) in [6.07, 6.45) is 3.44. The van der Waals surface area contributed by atoms with Crippen molar-refractivity contribution >= 4 is 17.7 Å². The maximum atomic E-state index is 12.6. The van der Waals surface area contributed by atoms with Crippen molar-refractivity contribution in [3.8, 4) is 0 Å². The van der Waals surface area contributed by atoms with Crippen LogP contribution in [0.3, 0.4) is 0 Å². The fourth-order valence-corrected chi connectivity index (χ4v) is 4.85. The van der Waals surface area contributed by atoms with Crippen LogP contribution < -0.4 is 10.2 Å². The summed E-state index contributed by atoms with van der Waals surface area (Å²) in [4.78, 5) is 34.9. The van der Waals surface area contributed by atoms with Crippen LogP contribution in [0.4, 0.5) is 19.0 Å². The molecule has 4 heterocycles. The number of likely N-dealkylation sites (tertiary alicyclic amines) is 1. The molecule has 3 saturated heterocycles. The highest BCUT2D eigenvalue weighted by Gasteiger charge is 2.57. The number of amides is 1. The van der Waals surface area contributed by atoms with Crippen LogP contribution in [0.15, 0.2) is 18.6 Å². The van der Waals surface area contributed by atoms with Crippen LogP contribution in [-0.4, -0.2) is 76.3 Å². The van der Waals surface area contributed by atoms with E-state index in [0.29, 0.717) is 5.92 Å². The van der Waals surface area contributed by atoms with E-state index < -0.39 is 12.1 Å². The summed E-state index contributed by atoms with van der Waals surface area (Å²) < 4.78 is 31.7. The average Bonchev–Trinajstić information content (AvgIpc) is 3.27. The molecule has 32 heavy (non-hydrogen) atoms. The van der Waals surface area contributed by atoms with Crippen molar-refractivity contribution in [3.05, 3.63) is 18.6 Å². The smallest absolute Gasteiger partial charge is 0.475 e. The van der Waals surface area contributed by atoms with Crippen LogP contribution in [-0.2, 0) is 9.59 Å². The van der Waals surface area contributed by atoms with Gasteiger partial charge in [-0.05, 0) is 31.7 Å². The monoisotopic (exact) mass is 457 g/mol. The second kappa shape index (κ2) is 9.60. The Morgan fingerprint density at radius 2 is 1.94 bits per heavy atom. The first-order valence-corrected chi connectivity index (χ1v) is 10.9. The molecule has 8 nitrogen and oxygen atoms in total. The van der Waals surface area contributed by atoms with E-state index in [-0.39, 0.29) is 17.4 Å². The molecule has 0 aliphatic carbocycles. The topological polar surface area (TPSA) is 98.7 Å². The molecule has 0 saturated carbocycles. The van der Waals surface area contributed by atoms with Gasteiger partial charge in [-0.25, -0.2) is 9.78 Å². The Morgan fingerprint density at radius 1 is 1.28 bits per heavy atom. The number of anilines is 1. The van der Waals surface area contributed by atoms with Crippen LogP contribution in [0.1, 0.15) is 33.1 Å². The van der Waals surface area contributed by atoms with Gasteiger partial charge in [-0.15, -0.1) is 0 Å². The third-order valence-corrected chi connectivity index (χ3v) is 6.61. The fourth-order valence-electron chi connectivity index (χ4n) is 4.85. The van der Waals surface area contributed by atoms with Crippen LogP contribution in [0.5, 0.6) is 0 Å². The number of halogens is 3. The molecule has 1 aromatic heterocycles. The van der Waals surface area contributed by atoms with Crippen molar-refractivity contribution in [1.29, 1.82) is 0 Å². The van der Waals surface area contributed by atoms with Gasteiger partial charge in [0.05, 0.1) is 12.1 Å². The molecular weight excluding hydrogens is 427 g/mol. The lowest BCUT2D eigenvalue weighted by Gasteiger charge is -2.43. The summed E-state index contributed by atoms with van der Waals surface area (Å²) in [5, 5.41) is 10.5. The number of nitrogens with zero attached hydrogens (tertiary/aromatic N) is 4. The van der Waals surface area contributed by atoms with Crippen molar-refractivity contribution in [2.75, 3.05) is 37.6 Å². The number of carbonyl (C=O) groups excluding carboxylic acids is 1. The maximum Gasteiger partial charge on any atom is 0.490 e. The lowest BCUT2D eigenvalue weighted by molar-refractivity contribution is -0.192. The van der Waals surface area contributed by atoms with Crippen molar-refractivity contribution in [2.45, 2.75) is 44.8 Å². The van der Waals surface area contributed by atoms with Gasteiger partial charge in [0.25, 0.3) is 0 Å². The molecule has 0 radical (unpaired) electrons. The first-order chi connectivity index (χ1) is 15.0. The third-order valence-electron chi connectivity index (χ3n) is 6.61. The second-order valence-corrected chi connectivity index (χ2v) is 9.15. The number of fused-ring (bicyclic) bond motifs is 2. The molecular formula is C21H30F3N5O3. The quantitative estimate of drug-likeness (QED) is 0.715. The summed E-state index contributed by atoms with van der Waals surface area (Å²) in [5.41, 5.74) is -0.00691. The maximum absolute atomic E-state index is 12.6. The fraction of sp³-hybridized carbons (Fsp3) is 0.714. The zero-order chi connectivity index (χ0) is 23.5. The van der Waals surface area contributed by atoms with Gasteiger partial charge < -0.3 is 20.2 Å². The number of rotatable bonds is 4. The highest BCUT2D eigenvalue weighted by molar-refractivity contribution is 5.83. The molecule has 4 rings (SSSR count). The number of carboxylic acids is 1. The largest absolute Gasteiger partial charge is 0.490 e. The summed E-state index contributed by atoms with van der Waals surface area (Å²) in [7, 11) is 0. The molecule has 3 aliphatic rings. The number of hydrogen-bond donors (Lipinski definition) is 2. The first kappa shape index (κ1) is 24.2. The minimum absolute atomic E-state index is 0.00691. The lowest BCUT2D eigenvalue weighted by Crippen LogP contribution is -2.55. The van der Waals surface area contributed by atoms with E-state index >= 15 is 0 Å². The van der Waals surface area contributed by atoms with Crippen molar-refractivity contribution in [1.82, 2.24) is 20.2 Å². The molecule has 2 N–H and O–H groups in total. The predicted octanol–water partition coefficient (Wildman–Crippen LogP) is 2.17. The molecule has 3 fully saturated rings. The summed E-state index contributed by atoms with van der Waals surface area (Å²) in [6.45, 7) is 9.56. The van der Waals surface area contributed by atoms with Gasteiger partial charge >= 0.3 is 12.1 Å². The van der Waals surface area contributed by atoms with Gasteiger partial charge in [0, 0.05) is 50.0 Å². The van der Waals surface area contributed by atoms with Gasteiger partial charge in [0.15, 0.2) is 0 Å². The van der Waals surface area contributed by atoms with Crippen LogP contribution >= 0.6 is 0 Å². The number of hydrogen-bond acceptors (Lipinski definition) is 6. The molecule has 0 aromatic carbocycles. The van der Waals surface area contributed by atoms with Crippen LogP contribution in [0.25, 0.3) is 0 Å². The highest BCUT2D eigenvalue weighted by atomic mass is 19.4. The molecule has 11 heteroatoms. The van der Waals surface area contributed by atoms with E-state index in [2.05, 4.69) is 38.9 Å². The molecule has 3 aliphatic heterocycles. The van der Waals surface area contributed by atoms with Crippen LogP contribution in [0, 0.1) is 17.8 Å². The minimum atomic E-state index is -5.08. The van der Waals surface area contributed by atoms with Gasteiger partial charge in [0.2, 0.25) is 5.91 Å². The van der Waals surface area contributed by atoms with Crippen molar-refractivity contribution < 1.29 is 27.9 Å². The number of aliphatic carboxylic acids is 1. The number of piperidine rings is 1. The lowest BCUT2D eigenvalue weighted by atomic mass is 9.75. The Kier molecular flexibility index (Phi) is 7.26. The van der Waals surface area contributed by atoms with E-state index in [1.54, 1.807) is 12.4 Å². The molecule has 1 spiro atoms. The molecule has 2 atom stereocenters. The SMILES string of the molecule is CC(C)CCN1CC2C(=O)NC3(CCN(c4cnccn4)CC3)C2C1.O=C(O)C(F)(F)F. The number of carbonyl (C=O) groups is 2. The predicted molar refractivity (Wildman–Crippen MR) is 111 cm³/mol. The minimum Gasteiger partial charge on any atom is -0.475 e.